The van der Waals surface area contributed by atoms with Gasteiger partial charge in [-0.15, -0.1) is 0 Å². The van der Waals surface area contributed by atoms with Gasteiger partial charge in [-0.05, 0) is 11.6 Å². The second kappa shape index (κ2) is 5.18. The standard InChI is InChI=1S/C16H13NO3S/c18-11-14-10-17(16-9-5-4-8-15(14)16)21(19,20)12-13-6-2-1-3-7-13/h1-11H,12H2. The first-order chi connectivity index (χ1) is 10.1. The van der Waals surface area contributed by atoms with Crippen molar-refractivity contribution >= 4 is 27.2 Å². The Morgan fingerprint density at radius 2 is 1.62 bits per heavy atom. The summed E-state index contributed by atoms with van der Waals surface area (Å²) in [7, 11) is -3.57. The van der Waals surface area contributed by atoms with Crippen LogP contribution in [0.15, 0.2) is 60.8 Å². The molecule has 0 aliphatic carbocycles. The Morgan fingerprint density at radius 1 is 0.952 bits per heavy atom. The van der Waals surface area contributed by atoms with Crippen LogP contribution < -0.4 is 0 Å². The van der Waals surface area contributed by atoms with Gasteiger partial charge in [0.2, 0.25) is 10.0 Å². The first kappa shape index (κ1) is 13.6. The molecule has 1 heterocycles. The number of para-hydroxylation sites is 1. The topological polar surface area (TPSA) is 56.1 Å². The molecule has 0 saturated heterocycles. The van der Waals surface area contributed by atoms with E-state index in [0.29, 0.717) is 28.3 Å². The highest BCUT2D eigenvalue weighted by molar-refractivity contribution is 7.89. The second-order valence-electron chi connectivity index (χ2n) is 4.76. The molecule has 0 N–H and O–H groups in total. The molecule has 0 amide bonds. The Balaban J connectivity index is 2.13. The lowest BCUT2D eigenvalue weighted by molar-refractivity contribution is 0.112. The zero-order valence-electron chi connectivity index (χ0n) is 11.1. The lowest BCUT2D eigenvalue weighted by atomic mass is 10.2. The van der Waals surface area contributed by atoms with Crippen LogP contribution in [-0.2, 0) is 15.8 Å². The number of carbonyl (C=O) groups excluding carboxylic acids is 1. The van der Waals surface area contributed by atoms with E-state index in [0.717, 1.165) is 0 Å². The van der Waals surface area contributed by atoms with Gasteiger partial charge in [0.25, 0.3) is 0 Å². The van der Waals surface area contributed by atoms with Crippen LogP contribution in [0.1, 0.15) is 15.9 Å². The fourth-order valence-electron chi connectivity index (χ4n) is 2.35. The first-order valence-electron chi connectivity index (χ1n) is 6.44. The molecule has 3 rings (SSSR count). The molecule has 2 aromatic carbocycles. The van der Waals surface area contributed by atoms with Crippen LogP contribution in [0.3, 0.4) is 0 Å². The Bertz CT molecular complexity index is 896. The maximum Gasteiger partial charge on any atom is 0.243 e. The van der Waals surface area contributed by atoms with E-state index in [9.17, 15) is 13.2 Å². The number of fused-ring (bicyclic) bond motifs is 1. The number of hydrogen-bond acceptors (Lipinski definition) is 3. The van der Waals surface area contributed by atoms with Crippen molar-refractivity contribution in [3.05, 3.63) is 71.9 Å². The largest absolute Gasteiger partial charge is 0.298 e. The van der Waals surface area contributed by atoms with E-state index in [4.69, 9.17) is 0 Å². The van der Waals surface area contributed by atoms with Crippen molar-refractivity contribution in [2.75, 3.05) is 0 Å². The molecule has 0 fully saturated rings. The summed E-state index contributed by atoms with van der Waals surface area (Å²) in [4.78, 5) is 11.1. The summed E-state index contributed by atoms with van der Waals surface area (Å²) in [6.07, 6.45) is 2.06. The van der Waals surface area contributed by atoms with Crippen LogP contribution in [0.25, 0.3) is 10.9 Å². The van der Waals surface area contributed by atoms with Crippen molar-refractivity contribution in [2.45, 2.75) is 5.75 Å². The molecule has 21 heavy (non-hydrogen) atoms. The van der Waals surface area contributed by atoms with Gasteiger partial charge in [0.05, 0.1) is 11.3 Å². The molecule has 0 aliphatic rings. The van der Waals surface area contributed by atoms with Crippen molar-refractivity contribution in [3.8, 4) is 0 Å². The first-order valence-corrected chi connectivity index (χ1v) is 8.05. The molecule has 0 aliphatic heterocycles. The van der Waals surface area contributed by atoms with E-state index in [2.05, 4.69) is 0 Å². The van der Waals surface area contributed by atoms with Gasteiger partial charge >= 0.3 is 0 Å². The molecule has 0 spiro atoms. The van der Waals surface area contributed by atoms with Crippen molar-refractivity contribution in [1.82, 2.24) is 3.97 Å². The molecular formula is C16H13NO3S. The summed E-state index contributed by atoms with van der Waals surface area (Å²) < 4.78 is 26.4. The van der Waals surface area contributed by atoms with E-state index in [-0.39, 0.29) is 5.75 Å². The van der Waals surface area contributed by atoms with E-state index < -0.39 is 10.0 Å². The Hall–Kier alpha value is -2.40. The number of rotatable bonds is 4. The lowest BCUT2D eigenvalue weighted by Crippen LogP contribution is -2.14. The van der Waals surface area contributed by atoms with Crippen molar-refractivity contribution in [3.63, 3.8) is 0 Å². The smallest absolute Gasteiger partial charge is 0.243 e. The van der Waals surface area contributed by atoms with Gasteiger partial charge in [0, 0.05) is 17.1 Å². The second-order valence-corrected chi connectivity index (χ2v) is 6.60. The van der Waals surface area contributed by atoms with Gasteiger partial charge in [0.15, 0.2) is 6.29 Å². The minimum Gasteiger partial charge on any atom is -0.298 e. The monoisotopic (exact) mass is 299 g/mol. The summed E-state index contributed by atoms with van der Waals surface area (Å²) in [5, 5.41) is 0.643. The lowest BCUT2D eigenvalue weighted by Gasteiger charge is -2.07. The normalized spacial score (nSPS) is 11.6. The summed E-state index contributed by atoms with van der Waals surface area (Å²) in [5.74, 6) is -0.106. The SMILES string of the molecule is O=Cc1cn(S(=O)(=O)Cc2ccccc2)c2ccccc12. The molecule has 0 radical (unpaired) electrons. The van der Waals surface area contributed by atoms with Crippen molar-refractivity contribution in [2.24, 2.45) is 0 Å². The van der Waals surface area contributed by atoms with Gasteiger partial charge in [-0.1, -0.05) is 48.5 Å². The maximum absolute atomic E-state index is 12.6. The Morgan fingerprint density at radius 3 is 2.33 bits per heavy atom. The average molecular weight is 299 g/mol. The number of carbonyl (C=O) groups is 1. The predicted molar refractivity (Wildman–Crippen MR) is 81.8 cm³/mol. The Labute approximate surface area is 122 Å². The molecule has 1 aromatic heterocycles. The van der Waals surface area contributed by atoms with Crippen LogP contribution in [0.5, 0.6) is 0 Å². The summed E-state index contributed by atoms with van der Waals surface area (Å²) >= 11 is 0. The number of aromatic nitrogens is 1. The van der Waals surface area contributed by atoms with Gasteiger partial charge in [-0.3, -0.25) is 4.79 Å². The highest BCUT2D eigenvalue weighted by Gasteiger charge is 2.19. The maximum atomic E-state index is 12.6. The molecule has 0 bridgehead atoms. The minimum absolute atomic E-state index is 0.106. The van der Waals surface area contributed by atoms with Crippen LogP contribution in [0.4, 0.5) is 0 Å². The molecule has 106 valence electrons. The molecule has 3 aromatic rings. The fourth-order valence-corrected chi connectivity index (χ4v) is 3.84. The molecule has 0 unspecified atom stereocenters. The highest BCUT2D eigenvalue weighted by Crippen LogP contribution is 2.23. The Kier molecular flexibility index (Phi) is 3.35. The van der Waals surface area contributed by atoms with Crippen LogP contribution >= 0.6 is 0 Å². The van der Waals surface area contributed by atoms with E-state index in [1.165, 1.54) is 10.2 Å². The number of hydrogen-bond donors (Lipinski definition) is 0. The molecule has 0 saturated carbocycles. The number of nitrogens with zero attached hydrogens (tertiary/aromatic N) is 1. The molecule has 0 atom stereocenters. The third kappa shape index (κ3) is 2.48. The van der Waals surface area contributed by atoms with Crippen LogP contribution in [0.2, 0.25) is 0 Å². The molecule has 4 nitrogen and oxygen atoms in total. The summed E-state index contributed by atoms with van der Waals surface area (Å²) in [6, 6.07) is 16.0. The fraction of sp³-hybridized carbons (Fsp3) is 0.0625. The zero-order valence-corrected chi connectivity index (χ0v) is 12.0. The van der Waals surface area contributed by atoms with Gasteiger partial charge < -0.3 is 0 Å². The number of aldehydes is 1. The van der Waals surface area contributed by atoms with Gasteiger partial charge in [-0.2, -0.15) is 0 Å². The van der Waals surface area contributed by atoms with Crippen LogP contribution in [0, 0.1) is 0 Å². The van der Waals surface area contributed by atoms with E-state index >= 15 is 0 Å². The average Bonchev–Trinajstić information content (AvgIpc) is 2.87. The molecule has 5 heteroatoms. The third-order valence-corrected chi connectivity index (χ3v) is 4.93. The quantitative estimate of drug-likeness (QED) is 0.696. The van der Waals surface area contributed by atoms with E-state index in [1.54, 1.807) is 48.5 Å². The van der Waals surface area contributed by atoms with Gasteiger partial charge in [-0.25, -0.2) is 12.4 Å². The van der Waals surface area contributed by atoms with Gasteiger partial charge in [0.1, 0.15) is 0 Å². The van der Waals surface area contributed by atoms with Crippen molar-refractivity contribution in [1.29, 1.82) is 0 Å². The zero-order chi connectivity index (χ0) is 14.9. The van der Waals surface area contributed by atoms with E-state index in [1.807, 2.05) is 6.07 Å². The predicted octanol–water partition coefficient (Wildman–Crippen LogP) is 2.83. The van der Waals surface area contributed by atoms with Crippen LogP contribution in [-0.4, -0.2) is 18.7 Å². The minimum atomic E-state index is -3.57. The third-order valence-electron chi connectivity index (χ3n) is 3.33. The highest BCUT2D eigenvalue weighted by atomic mass is 32.2. The van der Waals surface area contributed by atoms with Crippen molar-refractivity contribution < 1.29 is 13.2 Å². The number of benzene rings is 2. The molecular weight excluding hydrogens is 286 g/mol. The summed E-state index contributed by atoms with van der Waals surface area (Å²) in [6.45, 7) is 0. The summed E-state index contributed by atoms with van der Waals surface area (Å²) in [5.41, 5.74) is 1.61.